The molecule has 0 atom stereocenters. The molecule has 30 heavy (non-hydrogen) atoms. The summed E-state index contributed by atoms with van der Waals surface area (Å²) in [5.41, 5.74) is 3.15. The van der Waals surface area contributed by atoms with Crippen LogP contribution < -0.4 is 10.7 Å². The van der Waals surface area contributed by atoms with Crippen molar-refractivity contribution in [1.82, 2.24) is 14.9 Å². The molecule has 3 rings (SSSR count). The van der Waals surface area contributed by atoms with Crippen molar-refractivity contribution < 1.29 is 9.18 Å². The van der Waals surface area contributed by atoms with Gasteiger partial charge in [0.1, 0.15) is 5.82 Å². The first kappa shape index (κ1) is 21.3. The Balaban J connectivity index is 1.76. The maximum Gasteiger partial charge on any atom is 0.237 e. The standard InChI is InChI=1S/C21H21FN6OS/c1-14-8-9-16(12-15(14)2)27(11-5-10-23)19(29)13-30-21-26-25-20(28(21)24)17-6-3-4-7-18(17)22/h3-4,6-9,12H,5,11,13,24H2,1-2H3. The Morgan fingerprint density at radius 3 is 2.70 bits per heavy atom. The summed E-state index contributed by atoms with van der Waals surface area (Å²) in [6.45, 7) is 4.26. The SMILES string of the molecule is Cc1ccc(N(CCC#N)C(=O)CSc2nnc(-c3ccccc3F)n2N)cc1C. The van der Waals surface area contributed by atoms with Crippen LogP contribution >= 0.6 is 11.8 Å². The van der Waals surface area contributed by atoms with Crippen LogP contribution in [-0.4, -0.2) is 33.1 Å². The largest absolute Gasteiger partial charge is 0.335 e. The third-order valence-corrected chi connectivity index (χ3v) is 5.58. The van der Waals surface area contributed by atoms with Crippen LogP contribution in [0.5, 0.6) is 0 Å². The average Bonchev–Trinajstić information content (AvgIpc) is 3.09. The molecule has 0 saturated heterocycles. The van der Waals surface area contributed by atoms with Gasteiger partial charge in [-0.15, -0.1) is 10.2 Å². The smallest absolute Gasteiger partial charge is 0.237 e. The molecule has 0 radical (unpaired) electrons. The molecule has 2 aromatic carbocycles. The van der Waals surface area contributed by atoms with Gasteiger partial charge in [-0.05, 0) is 49.2 Å². The van der Waals surface area contributed by atoms with E-state index in [1.807, 2.05) is 32.0 Å². The number of amides is 1. The number of carbonyl (C=O) groups excluding carboxylic acids is 1. The van der Waals surface area contributed by atoms with Crippen LogP contribution in [0.1, 0.15) is 17.5 Å². The van der Waals surface area contributed by atoms with Crippen molar-refractivity contribution in [2.45, 2.75) is 25.4 Å². The molecule has 0 saturated carbocycles. The minimum atomic E-state index is -0.457. The maximum absolute atomic E-state index is 14.0. The third kappa shape index (κ3) is 4.60. The molecule has 1 heterocycles. The summed E-state index contributed by atoms with van der Waals surface area (Å²) in [5, 5.41) is 17.2. The first-order valence-electron chi connectivity index (χ1n) is 9.25. The first-order valence-corrected chi connectivity index (χ1v) is 10.2. The van der Waals surface area contributed by atoms with Crippen LogP contribution in [0.4, 0.5) is 10.1 Å². The predicted molar refractivity (Wildman–Crippen MR) is 115 cm³/mol. The van der Waals surface area contributed by atoms with Gasteiger partial charge < -0.3 is 10.7 Å². The number of aryl methyl sites for hydroxylation is 2. The van der Waals surface area contributed by atoms with E-state index in [2.05, 4.69) is 16.3 Å². The molecule has 0 spiro atoms. The molecular formula is C21H21FN6OS. The van der Waals surface area contributed by atoms with E-state index in [-0.39, 0.29) is 36.0 Å². The van der Waals surface area contributed by atoms with Gasteiger partial charge in [-0.3, -0.25) is 4.79 Å². The van der Waals surface area contributed by atoms with Gasteiger partial charge in [-0.25, -0.2) is 9.07 Å². The molecule has 3 aromatic rings. The van der Waals surface area contributed by atoms with E-state index < -0.39 is 5.82 Å². The molecule has 0 aliphatic rings. The number of benzene rings is 2. The maximum atomic E-state index is 14.0. The summed E-state index contributed by atoms with van der Waals surface area (Å²) in [5.74, 6) is 5.61. The number of rotatable bonds is 7. The van der Waals surface area contributed by atoms with Gasteiger partial charge in [0.15, 0.2) is 5.82 Å². The summed E-state index contributed by atoms with van der Waals surface area (Å²) in [7, 11) is 0. The number of carbonyl (C=O) groups is 1. The topological polar surface area (TPSA) is 101 Å². The molecule has 0 fully saturated rings. The summed E-state index contributed by atoms with van der Waals surface area (Å²) < 4.78 is 15.2. The fourth-order valence-corrected chi connectivity index (χ4v) is 3.59. The summed E-state index contributed by atoms with van der Waals surface area (Å²) in [4.78, 5) is 14.5. The fourth-order valence-electron chi connectivity index (χ4n) is 2.86. The van der Waals surface area contributed by atoms with Gasteiger partial charge >= 0.3 is 0 Å². The van der Waals surface area contributed by atoms with Crippen LogP contribution in [0.25, 0.3) is 11.4 Å². The second-order valence-electron chi connectivity index (χ2n) is 6.67. The Kier molecular flexibility index (Phi) is 6.69. The number of anilines is 1. The van der Waals surface area contributed by atoms with Gasteiger partial charge in [0.25, 0.3) is 0 Å². The van der Waals surface area contributed by atoms with Crippen LogP contribution in [0.15, 0.2) is 47.6 Å². The Morgan fingerprint density at radius 2 is 2.00 bits per heavy atom. The van der Waals surface area contributed by atoms with Gasteiger partial charge in [-0.1, -0.05) is 30.0 Å². The first-order chi connectivity index (χ1) is 14.4. The molecule has 154 valence electrons. The normalized spacial score (nSPS) is 10.6. The number of nitrogen functional groups attached to an aromatic ring is 1. The Morgan fingerprint density at radius 1 is 1.23 bits per heavy atom. The molecule has 1 aromatic heterocycles. The molecule has 9 heteroatoms. The van der Waals surface area contributed by atoms with E-state index in [4.69, 9.17) is 11.1 Å². The van der Waals surface area contributed by atoms with Crippen LogP contribution in [0, 0.1) is 31.0 Å². The second kappa shape index (κ2) is 9.41. The summed E-state index contributed by atoms with van der Waals surface area (Å²) in [6, 6.07) is 13.9. The van der Waals surface area contributed by atoms with E-state index in [1.165, 1.54) is 10.7 Å². The van der Waals surface area contributed by atoms with Crippen molar-refractivity contribution in [3.05, 3.63) is 59.4 Å². The number of hydrogen-bond acceptors (Lipinski definition) is 6. The number of nitriles is 1. The van der Waals surface area contributed by atoms with Crippen LogP contribution in [0.2, 0.25) is 0 Å². The van der Waals surface area contributed by atoms with Gasteiger partial charge in [0.2, 0.25) is 11.1 Å². The van der Waals surface area contributed by atoms with Crippen molar-refractivity contribution >= 4 is 23.4 Å². The lowest BCUT2D eigenvalue weighted by Crippen LogP contribution is -2.33. The molecule has 0 aliphatic carbocycles. The zero-order chi connectivity index (χ0) is 21.7. The number of thioether (sulfide) groups is 1. The Bertz CT molecular complexity index is 1110. The van der Waals surface area contributed by atoms with Crippen molar-refractivity contribution in [3.8, 4) is 17.5 Å². The lowest BCUT2D eigenvalue weighted by molar-refractivity contribution is -0.116. The van der Waals surface area contributed by atoms with E-state index in [0.29, 0.717) is 5.16 Å². The monoisotopic (exact) mass is 424 g/mol. The molecule has 0 aliphatic heterocycles. The van der Waals surface area contributed by atoms with Crippen molar-refractivity contribution in [3.63, 3.8) is 0 Å². The second-order valence-corrected chi connectivity index (χ2v) is 7.61. The Hall–Kier alpha value is -3.38. The third-order valence-electron chi connectivity index (χ3n) is 4.65. The molecule has 2 N–H and O–H groups in total. The highest BCUT2D eigenvalue weighted by atomic mass is 32.2. The highest BCUT2D eigenvalue weighted by Gasteiger charge is 2.20. The van der Waals surface area contributed by atoms with Crippen molar-refractivity contribution in [1.29, 1.82) is 5.26 Å². The van der Waals surface area contributed by atoms with E-state index in [0.717, 1.165) is 28.6 Å². The van der Waals surface area contributed by atoms with E-state index in [1.54, 1.807) is 23.1 Å². The zero-order valence-corrected chi connectivity index (χ0v) is 17.5. The van der Waals surface area contributed by atoms with E-state index >= 15 is 0 Å². The van der Waals surface area contributed by atoms with Crippen molar-refractivity contribution in [2.75, 3.05) is 23.0 Å². The molecular weight excluding hydrogens is 403 g/mol. The Labute approximate surface area is 178 Å². The van der Waals surface area contributed by atoms with Gasteiger partial charge in [0.05, 0.1) is 23.8 Å². The quantitative estimate of drug-likeness (QED) is 0.460. The molecule has 1 amide bonds. The van der Waals surface area contributed by atoms with Crippen LogP contribution in [-0.2, 0) is 4.79 Å². The van der Waals surface area contributed by atoms with E-state index in [9.17, 15) is 9.18 Å². The molecule has 0 bridgehead atoms. The van der Waals surface area contributed by atoms with Gasteiger partial charge in [0, 0.05) is 12.2 Å². The summed E-state index contributed by atoms with van der Waals surface area (Å²) in [6.07, 6.45) is 0.216. The number of hydrogen-bond donors (Lipinski definition) is 1. The predicted octanol–water partition coefficient (Wildman–Crippen LogP) is 3.45. The highest BCUT2D eigenvalue weighted by molar-refractivity contribution is 7.99. The molecule has 0 unspecified atom stereocenters. The van der Waals surface area contributed by atoms with Crippen LogP contribution in [0.3, 0.4) is 0 Å². The average molecular weight is 425 g/mol. The number of nitrogens with zero attached hydrogens (tertiary/aromatic N) is 5. The number of aromatic nitrogens is 3. The summed E-state index contributed by atoms with van der Waals surface area (Å²) >= 11 is 1.11. The minimum absolute atomic E-state index is 0.0466. The highest BCUT2D eigenvalue weighted by Crippen LogP contribution is 2.25. The number of halogens is 1. The zero-order valence-electron chi connectivity index (χ0n) is 16.7. The fraction of sp³-hybridized carbons (Fsp3) is 0.238. The minimum Gasteiger partial charge on any atom is -0.335 e. The number of nitrogens with two attached hydrogens (primary N) is 1. The lowest BCUT2D eigenvalue weighted by Gasteiger charge is -2.22. The van der Waals surface area contributed by atoms with Gasteiger partial charge in [-0.2, -0.15) is 5.26 Å². The lowest BCUT2D eigenvalue weighted by atomic mass is 10.1. The molecule has 7 nitrogen and oxygen atoms in total. The van der Waals surface area contributed by atoms with Crippen molar-refractivity contribution in [2.24, 2.45) is 0 Å².